The summed E-state index contributed by atoms with van der Waals surface area (Å²) < 4.78 is 5.66. The number of anilines is 1. The summed E-state index contributed by atoms with van der Waals surface area (Å²) in [5, 5.41) is 6.63. The van der Waals surface area contributed by atoms with E-state index >= 15 is 0 Å². The third-order valence-electron chi connectivity index (χ3n) is 3.56. The van der Waals surface area contributed by atoms with Crippen LogP contribution in [0, 0.1) is 6.92 Å². The van der Waals surface area contributed by atoms with Gasteiger partial charge in [0.15, 0.2) is 0 Å². The molecule has 5 heteroatoms. The van der Waals surface area contributed by atoms with Gasteiger partial charge in [0.25, 0.3) is 0 Å². The number of halogens is 1. The van der Waals surface area contributed by atoms with Crippen molar-refractivity contribution in [1.82, 2.24) is 5.32 Å². The summed E-state index contributed by atoms with van der Waals surface area (Å²) in [5.74, 6) is -0.0723. The standard InChI is InChI=1S/C15H21ClN2O2/c1-11-4-5-12(16)8-13(11)18-14(19)9-17-10-15(2)6-3-7-20-15/h4-5,8,17H,3,6-7,9-10H2,1-2H3,(H,18,19). The topological polar surface area (TPSA) is 50.4 Å². The molecule has 0 saturated carbocycles. The van der Waals surface area contributed by atoms with E-state index in [1.807, 2.05) is 19.1 Å². The van der Waals surface area contributed by atoms with Crippen LogP contribution in [0.25, 0.3) is 0 Å². The molecule has 2 N–H and O–H groups in total. The molecule has 4 nitrogen and oxygen atoms in total. The first-order valence-corrected chi connectivity index (χ1v) is 7.27. The van der Waals surface area contributed by atoms with Gasteiger partial charge in [0.05, 0.1) is 12.1 Å². The van der Waals surface area contributed by atoms with Gasteiger partial charge in [0, 0.05) is 23.9 Å². The summed E-state index contributed by atoms with van der Waals surface area (Å²) >= 11 is 5.93. The molecule has 1 heterocycles. The van der Waals surface area contributed by atoms with Crippen molar-refractivity contribution >= 4 is 23.2 Å². The maximum Gasteiger partial charge on any atom is 0.238 e. The SMILES string of the molecule is Cc1ccc(Cl)cc1NC(=O)CNCC1(C)CCCO1. The quantitative estimate of drug-likeness (QED) is 0.878. The first-order chi connectivity index (χ1) is 9.48. The van der Waals surface area contributed by atoms with E-state index in [9.17, 15) is 4.79 Å². The fourth-order valence-electron chi connectivity index (χ4n) is 2.34. The van der Waals surface area contributed by atoms with Gasteiger partial charge in [0.2, 0.25) is 5.91 Å². The first-order valence-electron chi connectivity index (χ1n) is 6.89. The smallest absolute Gasteiger partial charge is 0.238 e. The first kappa shape index (κ1) is 15.3. The molecule has 2 rings (SSSR count). The monoisotopic (exact) mass is 296 g/mol. The molecule has 0 aliphatic carbocycles. The number of benzene rings is 1. The Morgan fingerprint density at radius 2 is 2.30 bits per heavy atom. The number of carbonyl (C=O) groups excluding carboxylic acids is 1. The molecule has 1 aliphatic heterocycles. The van der Waals surface area contributed by atoms with E-state index < -0.39 is 0 Å². The Balaban J connectivity index is 1.79. The summed E-state index contributed by atoms with van der Waals surface area (Å²) in [6.45, 7) is 5.78. The van der Waals surface area contributed by atoms with Crippen molar-refractivity contribution < 1.29 is 9.53 Å². The lowest BCUT2D eigenvalue weighted by atomic mass is 10.0. The van der Waals surface area contributed by atoms with Crippen molar-refractivity contribution in [3.05, 3.63) is 28.8 Å². The Morgan fingerprint density at radius 3 is 3.00 bits per heavy atom. The van der Waals surface area contributed by atoms with Crippen LogP contribution in [0.4, 0.5) is 5.69 Å². The molecule has 20 heavy (non-hydrogen) atoms. The van der Waals surface area contributed by atoms with Crippen LogP contribution >= 0.6 is 11.6 Å². The molecule has 0 bridgehead atoms. The molecule has 1 unspecified atom stereocenters. The zero-order chi connectivity index (χ0) is 14.6. The van der Waals surface area contributed by atoms with Crippen LogP contribution in [0.15, 0.2) is 18.2 Å². The van der Waals surface area contributed by atoms with Crippen LogP contribution in [0.3, 0.4) is 0 Å². The molecule has 1 fully saturated rings. The Morgan fingerprint density at radius 1 is 1.50 bits per heavy atom. The molecule has 0 spiro atoms. The van der Waals surface area contributed by atoms with Crippen LogP contribution in [-0.4, -0.2) is 31.2 Å². The molecule has 1 atom stereocenters. The molecule has 0 aromatic heterocycles. The van der Waals surface area contributed by atoms with Crippen LogP contribution < -0.4 is 10.6 Å². The highest BCUT2D eigenvalue weighted by Crippen LogP contribution is 2.24. The van der Waals surface area contributed by atoms with Crippen molar-refractivity contribution in [1.29, 1.82) is 0 Å². The van der Waals surface area contributed by atoms with Gasteiger partial charge in [0.1, 0.15) is 0 Å². The van der Waals surface area contributed by atoms with Crippen LogP contribution in [-0.2, 0) is 9.53 Å². The molecule has 0 radical (unpaired) electrons. The van der Waals surface area contributed by atoms with E-state index in [-0.39, 0.29) is 18.1 Å². The largest absolute Gasteiger partial charge is 0.374 e. The Bertz CT molecular complexity index is 485. The van der Waals surface area contributed by atoms with Gasteiger partial charge in [-0.05, 0) is 44.4 Å². The maximum absolute atomic E-state index is 11.9. The summed E-state index contributed by atoms with van der Waals surface area (Å²) in [4.78, 5) is 11.9. The van der Waals surface area contributed by atoms with Crippen LogP contribution in [0.2, 0.25) is 5.02 Å². The lowest BCUT2D eigenvalue weighted by molar-refractivity contribution is -0.115. The van der Waals surface area contributed by atoms with Crippen molar-refractivity contribution in [3.63, 3.8) is 0 Å². The maximum atomic E-state index is 11.9. The molecular formula is C15H21ClN2O2. The zero-order valence-electron chi connectivity index (χ0n) is 12.0. The average Bonchev–Trinajstić information content (AvgIpc) is 2.81. The van der Waals surface area contributed by atoms with Gasteiger partial charge in [-0.2, -0.15) is 0 Å². The number of nitrogens with one attached hydrogen (secondary N) is 2. The zero-order valence-corrected chi connectivity index (χ0v) is 12.7. The third kappa shape index (κ3) is 4.20. The van der Waals surface area contributed by atoms with Gasteiger partial charge in [-0.3, -0.25) is 4.79 Å². The van der Waals surface area contributed by atoms with Gasteiger partial charge in [-0.25, -0.2) is 0 Å². The number of aryl methyl sites for hydroxylation is 1. The van der Waals surface area contributed by atoms with Crippen LogP contribution in [0.5, 0.6) is 0 Å². The predicted octanol–water partition coefficient (Wildman–Crippen LogP) is 2.75. The predicted molar refractivity (Wildman–Crippen MR) is 81.3 cm³/mol. The van der Waals surface area contributed by atoms with Crippen molar-refractivity contribution in [3.8, 4) is 0 Å². The van der Waals surface area contributed by atoms with Crippen LogP contribution in [0.1, 0.15) is 25.3 Å². The molecule has 110 valence electrons. The highest BCUT2D eigenvalue weighted by molar-refractivity contribution is 6.31. The summed E-state index contributed by atoms with van der Waals surface area (Å²) in [5.41, 5.74) is 1.62. The number of hydrogen-bond acceptors (Lipinski definition) is 3. The fourth-order valence-corrected chi connectivity index (χ4v) is 2.51. The Labute approximate surface area is 124 Å². The van der Waals surface area contributed by atoms with E-state index in [1.54, 1.807) is 6.07 Å². The van der Waals surface area contributed by atoms with E-state index in [1.165, 1.54) is 0 Å². The fraction of sp³-hybridized carbons (Fsp3) is 0.533. The van der Waals surface area contributed by atoms with Gasteiger partial charge < -0.3 is 15.4 Å². The number of amides is 1. The van der Waals surface area contributed by atoms with Crippen molar-refractivity contribution in [2.45, 2.75) is 32.3 Å². The van der Waals surface area contributed by atoms with E-state index in [2.05, 4.69) is 17.6 Å². The van der Waals surface area contributed by atoms with Gasteiger partial charge in [-0.15, -0.1) is 0 Å². The highest BCUT2D eigenvalue weighted by Gasteiger charge is 2.29. The molecule has 1 amide bonds. The minimum atomic E-state index is -0.133. The molecule has 1 aromatic rings. The normalized spacial score (nSPS) is 21.9. The lowest BCUT2D eigenvalue weighted by Crippen LogP contribution is -2.40. The van der Waals surface area contributed by atoms with E-state index in [4.69, 9.17) is 16.3 Å². The molecule has 1 saturated heterocycles. The second-order valence-corrected chi connectivity index (χ2v) is 5.95. The average molecular weight is 297 g/mol. The van der Waals surface area contributed by atoms with Gasteiger partial charge in [-0.1, -0.05) is 17.7 Å². The van der Waals surface area contributed by atoms with E-state index in [0.29, 0.717) is 11.6 Å². The molecular weight excluding hydrogens is 276 g/mol. The van der Waals surface area contributed by atoms with Crippen molar-refractivity contribution in [2.24, 2.45) is 0 Å². The number of ether oxygens (including phenoxy) is 1. The minimum Gasteiger partial charge on any atom is -0.374 e. The highest BCUT2D eigenvalue weighted by atomic mass is 35.5. The van der Waals surface area contributed by atoms with E-state index in [0.717, 1.165) is 30.7 Å². The number of hydrogen-bond donors (Lipinski definition) is 2. The number of carbonyl (C=O) groups is 1. The molecule has 1 aliphatic rings. The second-order valence-electron chi connectivity index (χ2n) is 5.51. The summed E-state index contributed by atoms with van der Waals surface area (Å²) in [7, 11) is 0. The number of rotatable bonds is 5. The lowest BCUT2D eigenvalue weighted by Gasteiger charge is -2.23. The van der Waals surface area contributed by atoms with Crippen molar-refractivity contribution in [2.75, 3.05) is 25.0 Å². The van der Waals surface area contributed by atoms with Gasteiger partial charge >= 0.3 is 0 Å². The summed E-state index contributed by atoms with van der Waals surface area (Å²) in [6.07, 6.45) is 2.13. The summed E-state index contributed by atoms with van der Waals surface area (Å²) in [6, 6.07) is 5.46. The Hall–Kier alpha value is -1.10. The second kappa shape index (κ2) is 6.57. The third-order valence-corrected chi connectivity index (χ3v) is 3.79. The molecule has 1 aromatic carbocycles. The Kier molecular flexibility index (Phi) is 5.02. The minimum absolute atomic E-state index is 0.0723.